The van der Waals surface area contributed by atoms with Crippen LogP contribution in [0.3, 0.4) is 0 Å². The lowest BCUT2D eigenvalue weighted by Gasteiger charge is -2.08. The van der Waals surface area contributed by atoms with Gasteiger partial charge in [0, 0.05) is 11.1 Å². The molecule has 1 aromatic carbocycles. The average molecular weight is 258 g/mol. The quantitative estimate of drug-likeness (QED) is 0.890. The fraction of sp³-hybridized carbons (Fsp3) is 0.133. The maximum Gasteiger partial charge on any atom is 0.372 e. The average Bonchev–Trinajstić information content (AvgIpc) is 2.86. The van der Waals surface area contributed by atoms with Crippen LogP contribution in [0.1, 0.15) is 28.6 Å². The zero-order chi connectivity index (χ0) is 13.7. The van der Waals surface area contributed by atoms with Crippen molar-refractivity contribution in [2.45, 2.75) is 13.5 Å². The monoisotopic (exact) mass is 258 g/mol. The third-order valence-electron chi connectivity index (χ3n) is 2.59. The summed E-state index contributed by atoms with van der Waals surface area (Å²) in [7, 11) is 0. The lowest BCUT2D eigenvalue weighted by atomic mass is 10.2. The number of hydrogen-bond donors (Lipinski definition) is 1. The number of aromatic carboxylic acids is 1. The predicted octanol–water partition coefficient (Wildman–Crippen LogP) is 3.59. The second-order valence-corrected chi connectivity index (χ2v) is 3.91. The molecular formula is C15H14O4. The smallest absolute Gasteiger partial charge is 0.372 e. The highest BCUT2D eigenvalue weighted by Crippen LogP contribution is 2.21. The summed E-state index contributed by atoms with van der Waals surface area (Å²) in [6.45, 7) is 2.09. The molecule has 4 heteroatoms. The molecule has 98 valence electrons. The first-order chi connectivity index (χ1) is 9.22. The molecule has 2 aromatic rings. The van der Waals surface area contributed by atoms with Gasteiger partial charge in [-0.15, -0.1) is 0 Å². The number of rotatable bonds is 5. The van der Waals surface area contributed by atoms with Crippen LogP contribution >= 0.6 is 0 Å². The van der Waals surface area contributed by atoms with Gasteiger partial charge in [-0.25, -0.2) is 4.79 Å². The molecule has 0 aliphatic heterocycles. The normalized spacial score (nSPS) is 10.8. The van der Waals surface area contributed by atoms with E-state index in [1.54, 1.807) is 6.07 Å². The number of ether oxygens (including phenoxy) is 1. The van der Waals surface area contributed by atoms with Gasteiger partial charge >= 0.3 is 5.97 Å². The van der Waals surface area contributed by atoms with Gasteiger partial charge in [0.2, 0.25) is 5.76 Å². The fourth-order valence-electron chi connectivity index (χ4n) is 1.72. The number of allylic oxidation sites excluding steroid dienone is 1. The van der Waals surface area contributed by atoms with Crippen LogP contribution in [0.4, 0.5) is 0 Å². The van der Waals surface area contributed by atoms with E-state index in [0.717, 1.165) is 5.56 Å². The molecule has 1 aromatic heterocycles. The molecule has 4 nitrogen and oxygen atoms in total. The minimum atomic E-state index is -1.09. The van der Waals surface area contributed by atoms with Crippen molar-refractivity contribution in [3.63, 3.8) is 0 Å². The lowest BCUT2D eigenvalue weighted by Crippen LogP contribution is -2.03. The van der Waals surface area contributed by atoms with Crippen molar-refractivity contribution < 1.29 is 19.1 Å². The Morgan fingerprint density at radius 3 is 2.89 bits per heavy atom. The summed E-state index contributed by atoms with van der Waals surface area (Å²) >= 11 is 0. The molecule has 0 fully saturated rings. The number of para-hydroxylation sites is 1. The number of carbonyl (C=O) groups is 1. The fourth-order valence-corrected chi connectivity index (χ4v) is 1.72. The van der Waals surface area contributed by atoms with Crippen LogP contribution in [0.2, 0.25) is 0 Å². The van der Waals surface area contributed by atoms with Crippen molar-refractivity contribution in [1.29, 1.82) is 0 Å². The molecular weight excluding hydrogens is 244 g/mol. The van der Waals surface area contributed by atoms with Crippen LogP contribution in [-0.2, 0) is 6.61 Å². The SMILES string of the molecule is C/C=C/c1ccccc1OCc1ccoc1C(=O)O. The van der Waals surface area contributed by atoms with Crippen LogP contribution in [0.15, 0.2) is 47.1 Å². The third kappa shape index (κ3) is 3.04. The van der Waals surface area contributed by atoms with Gasteiger partial charge in [0.05, 0.1) is 6.26 Å². The van der Waals surface area contributed by atoms with E-state index in [4.69, 9.17) is 14.3 Å². The summed E-state index contributed by atoms with van der Waals surface area (Å²) in [4.78, 5) is 10.9. The van der Waals surface area contributed by atoms with Crippen molar-refractivity contribution in [2.75, 3.05) is 0 Å². The van der Waals surface area contributed by atoms with Gasteiger partial charge in [-0.3, -0.25) is 0 Å². The van der Waals surface area contributed by atoms with E-state index >= 15 is 0 Å². The van der Waals surface area contributed by atoms with E-state index in [0.29, 0.717) is 11.3 Å². The Balaban J connectivity index is 2.14. The molecule has 0 aliphatic rings. The first-order valence-corrected chi connectivity index (χ1v) is 5.86. The van der Waals surface area contributed by atoms with Crippen LogP contribution < -0.4 is 4.74 Å². The molecule has 0 atom stereocenters. The van der Waals surface area contributed by atoms with Crippen LogP contribution in [0.25, 0.3) is 6.08 Å². The lowest BCUT2D eigenvalue weighted by molar-refractivity contribution is 0.0658. The molecule has 0 aliphatic carbocycles. The molecule has 1 heterocycles. The summed E-state index contributed by atoms with van der Waals surface area (Å²) in [5.74, 6) is -0.466. The molecule has 0 saturated carbocycles. The number of carboxylic acid groups (broad SMARTS) is 1. The van der Waals surface area contributed by atoms with Crippen LogP contribution in [0, 0.1) is 0 Å². The molecule has 0 bridgehead atoms. The highest BCUT2D eigenvalue weighted by Gasteiger charge is 2.14. The van der Waals surface area contributed by atoms with Crippen molar-refractivity contribution in [2.24, 2.45) is 0 Å². The summed E-state index contributed by atoms with van der Waals surface area (Å²) in [5.41, 5.74) is 1.47. The molecule has 0 amide bonds. The Morgan fingerprint density at radius 2 is 2.16 bits per heavy atom. The maximum atomic E-state index is 10.9. The summed E-state index contributed by atoms with van der Waals surface area (Å²) < 4.78 is 10.5. The van der Waals surface area contributed by atoms with Gasteiger partial charge in [0.15, 0.2) is 0 Å². The number of benzene rings is 1. The maximum absolute atomic E-state index is 10.9. The number of hydrogen-bond acceptors (Lipinski definition) is 3. The van der Waals surface area contributed by atoms with Gasteiger partial charge in [0.25, 0.3) is 0 Å². The molecule has 0 unspecified atom stereocenters. The van der Waals surface area contributed by atoms with E-state index in [9.17, 15) is 4.79 Å². The first kappa shape index (κ1) is 13.0. The zero-order valence-electron chi connectivity index (χ0n) is 10.5. The van der Waals surface area contributed by atoms with Crippen LogP contribution in [0.5, 0.6) is 5.75 Å². The first-order valence-electron chi connectivity index (χ1n) is 5.86. The Morgan fingerprint density at radius 1 is 1.37 bits per heavy atom. The Labute approximate surface area is 110 Å². The van der Waals surface area contributed by atoms with E-state index < -0.39 is 5.97 Å². The minimum Gasteiger partial charge on any atom is -0.488 e. The van der Waals surface area contributed by atoms with Crippen molar-refractivity contribution in [1.82, 2.24) is 0 Å². The van der Waals surface area contributed by atoms with Gasteiger partial charge in [0.1, 0.15) is 12.4 Å². The van der Waals surface area contributed by atoms with E-state index in [2.05, 4.69) is 0 Å². The standard InChI is InChI=1S/C15H14O4/c1-2-5-11-6-3-4-7-13(11)19-10-12-8-9-18-14(12)15(16)17/h2-9H,10H2,1H3,(H,16,17)/b5-2+. The molecule has 19 heavy (non-hydrogen) atoms. The Bertz CT molecular complexity index is 596. The molecule has 0 saturated heterocycles. The van der Waals surface area contributed by atoms with Gasteiger partial charge in [-0.2, -0.15) is 0 Å². The second kappa shape index (κ2) is 5.91. The summed E-state index contributed by atoms with van der Waals surface area (Å²) in [6.07, 6.45) is 5.20. The molecule has 0 spiro atoms. The Kier molecular flexibility index (Phi) is 4.03. The van der Waals surface area contributed by atoms with Crippen molar-refractivity contribution >= 4 is 12.0 Å². The van der Waals surface area contributed by atoms with E-state index in [-0.39, 0.29) is 12.4 Å². The topological polar surface area (TPSA) is 59.7 Å². The van der Waals surface area contributed by atoms with Crippen molar-refractivity contribution in [3.8, 4) is 5.75 Å². The second-order valence-electron chi connectivity index (χ2n) is 3.91. The zero-order valence-corrected chi connectivity index (χ0v) is 10.5. The van der Waals surface area contributed by atoms with Gasteiger partial charge < -0.3 is 14.3 Å². The number of carboxylic acids is 1. The molecule has 0 radical (unpaired) electrons. The van der Waals surface area contributed by atoms with Crippen molar-refractivity contribution in [3.05, 3.63) is 59.6 Å². The van der Waals surface area contributed by atoms with Gasteiger partial charge in [-0.05, 0) is 19.1 Å². The third-order valence-corrected chi connectivity index (χ3v) is 2.59. The Hall–Kier alpha value is -2.49. The summed E-state index contributed by atoms with van der Waals surface area (Å²) in [5, 5.41) is 8.93. The number of furan rings is 1. The highest BCUT2D eigenvalue weighted by molar-refractivity contribution is 5.86. The molecule has 1 N–H and O–H groups in total. The van der Waals surface area contributed by atoms with E-state index in [1.807, 2.05) is 43.3 Å². The minimum absolute atomic E-state index is 0.0801. The van der Waals surface area contributed by atoms with E-state index in [1.165, 1.54) is 6.26 Å². The highest BCUT2D eigenvalue weighted by atomic mass is 16.5. The summed E-state index contributed by atoms with van der Waals surface area (Å²) in [6, 6.07) is 9.17. The largest absolute Gasteiger partial charge is 0.488 e. The van der Waals surface area contributed by atoms with Crippen LogP contribution in [-0.4, -0.2) is 11.1 Å². The van der Waals surface area contributed by atoms with Gasteiger partial charge in [-0.1, -0.05) is 30.4 Å². The molecule has 2 rings (SSSR count). The predicted molar refractivity (Wildman–Crippen MR) is 71.1 cm³/mol.